The second-order valence-electron chi connectivity index (χ2n) is 11.0. The third kappa shape index (κ3) is 6.81. The van der Waals surface area contributed by atoms with Crippen molar-refractivity contribution in [1.82, 2.24) is 10.3 Å². The van der Waals surface area contributed by atoms with Crippen molar-refractivity contribution < 1.29 is 14.3 Å². The molecule has 0 amide bonds. The molecule has 1 atom stereocenters. The van der Waals surface area contributed by atoms with E-state index in [4.69, 9.17) is 26.1 Å². The Kier molecular flexibility index (Phi) is 8.25. The lowest BCUT2D eigenvalue weighted by Crippen LogP contribution is -2.30. The van der Waals surface area contributed by atoms with Crippen molar-refractivity contribution in [3.63, 3.8) is 0 Å². The molecule has 0 aliphatic rings. The molecule has 0 bridgehead atoms. The number of hydrogen-bond acceptors (Lipinski definition) is 5. The summed E-state index contributed by atoms with van der Waals surface area (Å²) in [5.41, 5.74) is 4.86. The van der Waals surface area contributed by atoms with E-state index in [0.29, 0.717) is 11.6 Å². The van der Waals surface area contributed by atoms with E-state index in [-0.39, 0.29) is 12.6 Å². The number of nitrogens with zero attached hydrogens (tertiary/aromatic N) is 1. The zero-order valence-corrected chi connectivity index (χ0v) is 22.8. The first kappa shape index (κ1) is 27.1. The molecule has 0 saturated heterocycles. The van der Waals surface area contributed by atoms with Gasteiger partial charge in [-0.05, 0) is 102 Å². The number of rotatable bonds is 7. The molecule has 1 aromatic heterocycles. The van der Waals surface area contributed by atoms with Crippen LogP contribution in [-0.4, -0.2) is 30.2 Å². The Morgan fingerprint density at radius 1 is 1.06 bits per heavy atom. The molecule has 1 heterocycles. The number of pyridine rings is 1. The van der Waals surface area contributed by atoms with Crippen molar-refractivity contribution in [3.05, 3.63) is 64.3 Å². The number of hydrogen-bond donors (Lipinski definition) is 1. The van der Waals surface area contributed by atoms with E-state index in [0.717, 1.165) is 38.9 Å². The highest BCUT2D eigenvalue weighted by Gasteiger charge is 2.30. The minimum absolute atomic E-state index is 0.117. The fourth-order valence-electron chi connectivity index (χ4n) is 4.06. The van der Waals surface area contributed by atoms with Crippen molar-refractivity contribution in [3.8, 4) is 11.1 Å². The summed E-state index contributed by atoms with van der Waals surface area (Å²) in [7, 11) is 1.91. The highest BCUT2D eigenvalue weighted by Crippen LogP contribution is 2.40. The first-order valence-corrected chi connectivity index (χ1v) is 12.4. The standard InChI is InChI=1S/C29H37ClN2O3/c1-18-15-23-22(14-13-21(32-23)16-31-8)26(19-9-11-20(30)12-10-19)25(18)24(35-29(5,6)7)17-34-27(33)28(2,3)4/h9-15,24,31H,16-17H2,1-8H3/t24-/m0/s1. The Labute approximate surface area is 214 Å². The molecule has 3 aromatic rings. The average molecular weight is 497 g/mol. The van der Waals surface area contributed by atoms with Gasteiger partial charge in [-0.15, -0.1) is 0 Å². The second-order valence-corrected chi connectivity index (χ2v) is 11.4. The van der Waals surface area contributed by atoms with E-state index < -0.39 is 17.1 Å². The Morgan fingerprint density at radius 2 is 1.71 bits per heavy atom. The zero-order chi connectivity index (χ0) is 26.0. The molecular formula is C29H37ClN2O3. The first-order valence-electron chi connectivity index (χ1n) is 12.0. The fourth-order valence-corrected chi connectivity index (χ4v) is 4.18. The number of carbonyl (C=O) groups is 1. The van der Waals surface area contributed by atoms with E-state index in [1.54, 1.807) is 0 Å². The molecule has 0 aliphatic heterocycles. The number of fused-ring (bicyclic) bond motifs is 1. The number of nitrogens with one attached hydrogen (secondary N) is 1. The smallest absolute Gasteiger partial charge is 0.311 e. The van der Waals surface area contributed by atoms with Crippen LogP contribution in [0.2, 0.25) is 5.02 Å². The van der Waals surface area contributed by atoms with Gasteiger partial charge in [0.05, 0.1) is 22.2 Å². The number of halogens is 1. The van der Waals surface area contributed by atoms with Crippen LogP contribution in [0.25, 0.3) is 22.0 Å². The van der Waals surface area contributed by atoms with Gasteiger partial charge in [-0.25, -0.2) is 0 Å². The number of carbonyl (C=O) groups excluding carboxylic acids is 1. The molecule has 6 heteroatoms. The highest BCUT2D eigenvalue weighted by molar-refractivity contribution is 6.30. The molecule has 188 valence electrons. The van der Waals surface area contributed by atoms with Crippen molar-refractivity contribution in [1.29, 1.82) is 0 Å². The van der Waals surface area contributed by atoms with Gasteiger partial charge in [0.1, 0.15) is 12.7 Å². The van der Waals surface area contributed by atoms with Crippen LogP contribution in [-0.2, 0) is 20.8 Å². The molecule has 35 heavy (non-hydrogen) atoms. The average Bonchev–Trinajstić information content (AvgIpc) is 2.75. The maximum atomic E-state index is 12.6. The second kappa shape index (κ2) is 10.7. The fraction of sp³-hybridized carbons (Fsp3) is 0.448. The number of benzene rings is 2. The van der Waals surface area contributed by atoms with Gasteiger partial charge in [0.25, 0.3) is 0 Å². The molecule has 1 N–H and O–H groups in total. The van der Waals surface area contributed by atoms with Crippen LogP contribution < -0.4 is 5.32 Å². The predicted octanol–water partition coefficient (Wildman–Crippen LogP) is 7.03. The lowest BCUT2D eigenvalue weighted by atomic mass is 9.88. The lowest BCUT2D eigenvalue weighted by molar-refractivity contribution is -0.162. The number of aromatic nitrogens is 1. The Bertz CT molecular complexity index is 1190. The van der Waals surface area contributed by atoms with Crippen molar-refractivity contribution in [2.45, 2.75) is 66.7 Å². The molecule has 5 nitrogen and oxygen atoms in total. The number of esters is 1. The summed E-state index contributed by atoms with van der Waals surface area (Å²) in [6.45, 7) is 14.4. The molecule has 3 rings (SSSR count). The van der Waals surface area contributed by atoms with Crippen LogP contribution in [0.4, 0.5) is 0 Å². The summed E-state index contributed by atoms with van der Waals surface area (Å²) in [5, 5.41) is 4.85. The quantitative estimate of drug-likeness (QED) is 0.356. The zero-order valence-electron chi connectivity index (χ0n) is 22.1. The first-order chi connectivity index (χ1) is 16.3. The normalized spacial score (nSPS) is 13.2. The summed E-state index contributed by atoms with van der Waals surface area (Å²) in [5.74, 6) is -0.259. The van der Waals surface area contributed by atoms with Crippen LogP contribution in [0.1, 0.15) is 64.5 Å². The Hall–Kier alpha value is -2.47. The van der Waals surface area contributed by atoms with E-state index >= 15 is 0 Å². The topological polar surface area (TPSA) is 60.5 Å². The van der Waals surface area contributed by atoms with Crippen LogP contribution in [0.3, 0.4) is 0 Å². The number of ether oxygens (including phenoxy) is 2. The van der Waals surface area contributed by atoms with Crippen LogP contribution in [0.5, 0.6) is 0 Å². The summed E-state index contributed by atoms with van der Waals surface area (Å²) in [6, 6.07) is 14.0. The molecule has 0 spiro atoms. The molecule has 0 radical (unpaired) electrons. The van der Waals surface area contributed by atoms with Crippen molar-refractivity contribution >= 4 is 28.5 Å². The predicted molar refractivity (Wildman–Crippen MR) is 144 cm³/mol. The summed E-state index contributed by atoms with van der Waals surface area (Å²) < 4.78 is 12.3. The molecule has 0 aliphatic carbocycles. The van der Waals surface area contributed by atoms with E-state index in [1.165, 1.54) is 0 Å². The lowest BCUT2D eigenvalue weighted by Gasteiger charge is -2.31. The Balaban J connectivity index is 2.25. The SMILES string of the molecule is CNCc1ccc2c(-c3ccc(Cl)cc3)c([C@H](COC(=O)C(C)(C)C)OC(C)(C)C)c(C)cc2n1. The summed E-state index contributed by atoms with van der Waals surface area (Å²) >= 11 is 6.22. The van der Waals surface area contributed by atoms with E-state index in [1.807, 2.05) is 78.9 Å². The van der Waals surface area contributed by atoms with Gasteiger partial charge >= 0.3 is 5.97 Å². The molecule has 0 unspecified atom stereocenters. The molecule has 0 saturated carbocycles. The van der Waals surface area contributed by atoms with E-state index in [9.17, 15) is 4.79 Å². The molecular weight excluding hydrogens is 460 g/mol. The minimum atomic E-state index is -0.600. The van der Waals surface area contributed by atoms with Crippen molar-refractivity contribution in [2.75, 3.05) is 13.7 Å². The maximum absolute atomic E-state index is 12.6. The monoisotopic (exact) mass is 496 g/mol. The van der Waals surface area contributed by atoms with Crippen LogP contribution >= 0.6 is 11.6 Å². The summed E-state index contributed by atoms with van der Waals surface area (Å²) in [6.07, 6.45) is -0.464. The highest BCUT2D eigenvalue weighted by atomic mass is 35.5. The maximum Gasteiger partial charge on any atom is 0.311 e. The van der Waals surface area contributed by atoms with Crippen LogP contribution in [0, 0.1) is 12.3 Å². The van der Waals surface area contributed by atoms with Gasteiger partial charge in [-0.3, -0.25) is 9.78 Å². The third-order valence-electron chi connectivity index (χ3n) is 5.59. The van der Waals surface area contributed by atoms with Gasteiger partial charge in [-0.1, -0.05) is 29.8 Å². The van der Waals surface area contributed by atoms with Crippen LogP contribution in [0.15, 0.2) is 42.5 Å². The summed E-state index contributed by atoms with van der Waals surface area (Å²) in [4.78, 5) is 17.5. The van der Waals surface area contributed by atoms with E-state index in [2.05, 4.69) is 24.4 Å². The molecule has 2 aromatic carbocycles. The third-order valence-corrected chi connectivity index (χ3v) is 5.84. The van der Waals surface area contributed by atoms with Gasteiger partial charge < -0.3 is 14.8 Å². The van der Waals surface area contributed by atoms with Gasteiger partial charge in [0.2, 0.25) is 0 Å². The molecule has 0 fully saturated rings. The van der Waals surface area contributed by atoms with Crippen molar-refractivity contribution in [2.24, 2.45) is 5.41 Å². The number of aryl methyl sites for hydroxylation is 1. The Morgan fingerprint density at radius 3 is 2.29 bits per heavy atom. The van der Waals surface area contributed by atoms with Gasteiger partial charge in [-0.2, -0.15) is 0 Å². The minimum Gasteiger partial charge on any atom is -0.462 e. The van der Waals surface area contributed by atoms with Gasteiger partial charge in [0.15, 0.2) is 0 Å². The van der Waals surface area contributed by atoms with Gasteiger partial charge in [0, 0.05) is 17.0 Å². The largest absolute Gasteiger partial charge is 0.462 e.